The minimum absolute atomic E-state index is 0.0139. The molecule has 0 saturated heterocycles. The van der Waals surface area contributed by atoms with Crippen molar-refractivity contribution in [3.05, 3.63) is 53.6 Å². The molecule has 0 aliphatic carbocycles. The van der Waals surface area contributed by atoms with Gasteiger partial charge >= 0.3 is 12.6 Å². The van der Waals surface area contributed by atoms with Gasteiger partial charge in [-0.15, -0.1) is 11.8 Å². The van der Waals surface area contributed by atoms with Gasteiger partial charge in [0, 0.05) is 9.92 Å². The zero-order valence-electron chi connectivity index (χ0n) is 13.3. The summed E-state index contributed by atoms with van der Waals surface area (Å²) in [5.41, 5.74) is 0.0596. The third-order valence-corrected chi connectivity index (χ3v) is 4.15. The van der Waals surface area contributed by atoms with E-state index in [1.165, 1.54) is 30.0 Å². The molecule has 0 aliphatic rings. The lowest BCUT2D eigenvalue weighted by Gasteiger charge is -2.11. The van der Waals surface area contributed by atoms with Crippen molar-refractivity contribution in [1.82, 2.24) is 0 Å². The molecule has 0 aliphatic heterocycles. The molecule has 5 nitrogen and oxygen atoms in total. The summed E-state index contributed by atoms with van der Waals surface area (Å²) in [5, 5.41) is 2.94. The molecule has 0 aromatic heterocycles. The molecule has 0 heterocycles. The van der Waals surface area contributed by atoms with Gasteiger partial charge in [0.15, 0.2) is 6.61 Å². The van der Waals surface area contributed by atoms with Crippen LogP contribution in [0.1, 0.15) is 0 Å². The van der Waals surface area contributed by atoms with Crippen molar-refractivity contribution in [2.24, 2.45) is 0 Å². The van der Waals surface area contributed by atoms with Crippen molar-refractivity contribution in [3.8, 4) is 5.75 Å². The number of halogens is 3. The first-order valence-electron chi connectivity index (χ1n) is 7.31. The zero-order chi connectivity index (χ0) is 18.9. The van der Waals surface area contributed by atoms with E-state index >= 15 is 0 Å². The predicted molar refractivity (Wildman–Crippen MR) is 94.8 cm³/mol. The van der Waals surface area contributed by atoms with Crippen LogP contribution in [0.3, 0.4) is 0 Å². The van der Waals surface area contributed by atoms with Crippen molar-refractivity contribution in [2.75, 3.05) is 17.7 Å². The molecule has 2 aromatic rings. The van der Waals surface area contributed by atoms with Crippen LogP contribution in [0.25, 0.3) is 0 Å². The smallest absolute Gasteiger partial charge is 0.387 e. The van der Waals surface area contributed by atoms with E-state index in [-0.39, 0.29) is 17.2 Å². The summed E-state index contributed by atoms with van der Waals surface area (Å²) in [5.74, 6) is -1.42. The molecule has 9 heteroatoms. The van der Waals surface area contributed by atoms with Crippen LogP contribution in [0.15, 0.2) is 53.4 Å². The summed E-state index contributed by atoms with van der Waals surface area (Å²) < 4.78 is 33.8. The number of amides is 1. The summed E-state index contributed by atoms with van der Waals surface area (Å²) in [7, 11) is 0. The van der Waals surface area contributed by atoms with Gasteiger partial charge in [-0.3, -0.25) is 9.59 Å². The highest BCUT2D eigenvalue weighted by molar-refractivity contribution is 8.00. The molecular weight excluding hydrogens is 388 g/mol. The van der Waals surface area contributed by atoms with E-state index < -0.39 is 25.1 Å². The lowest BCUT2D eigenvalue weighted by molar-refractivity contribution is -0.144. The molecule has 0 spiro atoms. The third-order valence-electron chi connectivity index (χ3n) is 2.91. The Morgan fingerprint density at radius 1 is 1.12 bits per heavy atom. The molecule has 2 rings (SSSR count). The van der Waals surface area contributed by atoms with Crippen LogP contribution in [0.2, 0.25) is 5.02 Å². The number of nitrogens with one attached hydrogen (secondary N) is 1. The Morgan fingerprint density at radius 2 is 1.81 bits per heavy atom. The van der Waals surface area contributed by atoms with E-state index in [0.717, 1.165) is 4.90 Å². The summed E-state index contributed by atoms with van der Waals surface area (Å²) in [6.45, 7) is -3.56. The largest absolute Gasteiger partial charge is 0.455 e. The van der Waals surface area contributed by atoms with Crippen LogP contribution in [-0.4, -0.2) is 30.8 Å². The lowest BCUT2D eigenvalue weighted by Crippen LogP contribution is -2.22. The second kappa shape index (κ2) is 9.98. The van der Waals surface area contributed by atoms with E-state index in [1.807, 2.05) is 0 Å². The van der Waals surface area contributed by atoms with Crippen molar-refractivity contribution in [1.29, 1.82) is 0 Å². The highest BCUT2D eigenvalue weighted by atomic mass is 35.5. The molecule has 2 aromatic carbocycles. The molecule has 1 amide bonds. The van der Waals surface area contributed by atoms with E-state index in [4.69, 9.17) is 16.3 Å². The Labute approximate surface area is 157 Å². The number of para-hydroxylation sites is 2. The summed E-state index contributed by atoms with van der Waals surface area (Å²) >= 11 is 7.00. The summed E-state index contributed by atoms with van der Waals surface area (Å²) in [4.78, 5) is 24.3. The highest BCUT2D eigenvalue weighted by Gasteiger charge is 2.13. The fraction of sp³-hybridized carbons (Fsp3) is 0.176. The molecule has 1 N–H and O–H groups in total. The average Bonchev–Trinajstić information content (AvgIpc) is 2.61. The number of carbonyl (C=O) groups is 2. The van der Waals surface area contributed by atoms with Crippen LogP contribution in [0, 0.1) is 0 Å². The number of carbonyl (C=O) groups excluding carboxylic acids is 2. The Kier molecular flexibility index (Phi) is 7.68. The van der Waals surface area contributed by atoms with Crippen LogP contribution in [0.4, 0.5) is 14.5 Å². The lowest BCUT2D eigenvalue weighted by atomic mass is 10.3. The minimum atomic E-state index is -3.02. The molecule has 0 saturated carbocycles. The second-order valence-corrected chi connectivity index (χ2v) is 6.31. The number of hydrogen-bond acceptors (Lipinski definition) is 5. The number of alkyl halides is 2. The Morgan fingerprint density at radius 3 is 2.50 bits per heavy atom. The quantitative estimate of drug-likeness (QED) is 0.530. The molecular formula is C17H14ClF2NO4S. The number of rotatable bonds is 8. The Hall–Kier alpha value is -2.32. The first-order valence-corrected chi connectivity index (χ1v) is 8.68. The topological polar surface area (TPSA) is 64.6 Å². The van der Waals surface area contributed by atoms with Gasteiger partial charge in [0.2, 0.25) is 0 Å². The fourth-order valence-electron chi connectivity index (χ4n) is 1.82. The number of benzene rings is 2. The van der Waals surface area contributed by atoms with Gasteiger partial charge < -0.3 is 14.8 Å². The normalized spacial score (nSPS) is 10.5. The van der Waals surface area contributed by atoms with Gasteiger partial charge in [0.05, 0.1) is 11.4 Å². The van der Waals surface area contributed by atoms with Crippen LogP contribution < -0.4 is 10.1 Å². The second-order valence-electron chi connectivity index (χ2n) is 4.83. The molecule has 26 heavy (non-hydrogen) atoms. The Bertz CT molecular complexity index is 759. The zero-order valence-corrected chi connectivity index (χ0v) is 14.9. The van der Waals surface area contributed by atoms with Gasteiger partial charge in [0.25, 0.3) is 5.91 Å². The van der Waals surface area contributed by atoms with Crippen molar-refractivity contribution < 1.29 is 27.8 Å². The fourth-order valence-corrected chi connectivity index (χ4v) is 2.64. The third kappa shape index (κ3) is 6.89. The number of thioether (sulfide) groups is 1. The van der Waals surface area contributed by atoms with Crippen molar-refractivity contribution in [3.63, 3.8) is 0 Å². The Balaban J connectivity index is 1.78. The molecule has 0 bridgehead atoms. The first-order chi connectivity index (χ1) is 12.4. The molecule has 0 unspecified atom stereocenters. The molecule has 138 valence electrons. The van der Waals surface area contributed by atoms with E-state index in [1.54, 1.807) is 30.3 Å². The summed E-state index contributed by atoms with van der Waals surface area (Å²) in [6.07, 6.45) is 0. The van der Waals surface area contributed by atoms with E-state index in [2.05, 4.69) is 10.1 Å². The maximum Gasteiger partial charge on any atom is 0.387 e. The number of ether oxygens (including phenoxy) is 2. The van der Waals surface area contributed by atoms with Crippen LogP contribution in [0.5, 0.6) is 5.75 Å². The maximum atomic E-state index is 12.3. The number of anilines is 1. The SMILES string of the molecule is O=C(COC(=O)CSc1ccc(Cl)cc1)Nc1ccccc1OC(F)F. The molecule has 0 atom stereocenters. The summed E-state index contributed by atoms with van der Waals surface area (Å²) in [6, 6.07) is 12.6. The van der Waals surface area contributed by atoms with Gasteiger partial charge in [0.1, 0.15) is 5.75 Å². The van der Waals surface area contributed by atoms with Gasteiger partial charge in [-0.1, -0.05) is 23.7 Å². The highest BCUT2D eigenvalue weighted by Crippen LogP contribution is 2.25. The first kappa shape index (κ1) is 20.0. The number of esters is 1. The van der Waals surface area contributed by atoms with Crippen molar-refractivity contribution >= 4 is 40.9 Å². The van der Waals surface area contributed by atoms with Crippen molar-refractivity contribution in [2.45, 2.75) is 11.5 Å². The van der Waals surface area contributed by atoms with Crippen LogP contribution in [-0.2, 0) is 14.3 Å². The number of hydrogen-bond donors (Lipinski definition) is 1. The van der Waals surface area contributed by atoms with E-state index in [9.17, 15) is 18.4 Å². The van der Waals surface area contributed by atoms with Crippen LogP contribution >= 0.6 is 23.4 Å². The predicted octanol–water partition coefficient (Wildman–Crippen LogP) is 4.22. The van der Waals surface area contributed by atoms with E-state index in [0.29, 0.717) is 5.02 Å². The molecule has 0 radical (unpaired) electrons. The minimum Gasteiger partial charge on any atom is -0.455 e. The standard InChI is InChI=1S/C17H14ClF2NO4S/c18-11-5-7-12(8-6-11)26-10-16(23)24-9-15(22)21-13-3-1-2-4-14(13)25-17(19)20/h1-8,17H,9-10H2,(H,21,22). The monoisotopic (exact) mass is 401 g/mol. The average molecular weight is 402 g/mol. The van der Waals surface area contributed by atoms with Gasteiger partial charge in [-0.2, -0.15) is 8.78 Å². The van der Waals surface area contributed by atoms with Gasteiger partial charge in [-0.25, -0.2) is 0 Å². The van der Waals surface area contributed by atoms with Gasteiger partial charge in [-0.05, 0) is 36.4 Å². The molecule has 0 fully saturated rings. The maximum absolute atomic E-state index is 12.3.